The fourth-order valence-corrected chi connectivity index (χ4v) is 5.30. The number of carbonyl (C=O) groups excluding carboxylic acids is 2. The van der Waals surface area contributed by atoms with Gasteiger partial charge in [0.05, 0.1) is 35.6 Å². The van der Waals surface area contributed by atoms with Crippen molar-refractivity contribution in [2.24, 2.45) is 10.9 Å². The van der Waals surface area contributed by atoms with Gasteiger partial charge in [-0.25, -0.2) is 9.79 Å². The molecule has 1 aliphatic rings. The molecule has 1 atom stereocenters. The number of aromatic nitrogens is 1. The van der Waals surface area contributed by atoms with Gasteiger partial charge in [-0.05, 0) is 54.3 Å². The summed E-state index contributed by atoms with van der Waals surface area (Å²) in [7, 11) is 1.45. The van der Waals surface area contributed by atoms with Gasteiger partial charge in [-0.2, -0.15) is 0 Å². The van der Waals surface area contributed by atoms with E-state index in [4.69, 9.17) is 25.8 Å². The number of rotatable bonds is 7. The molecule has 8 nitrogen and oxygen atoms in total. The van der Waals surface area contributed by atoms with Crippen LogP contribution in [0.1, 0.15) is 44.9 Å². The van der Waals surface area contributed by atoms with Gasteiger partial charge < -0.3 is 14.2 Å². The van der Waals surface area contributed by atoms with Crippen LogP contribution in [0.3, 0.4) is 0 Å². The van der Waals surface area contributed by atoms with Crippen LogP contribution in [0.5, 0.6) is 11.5 Å². The number of thiazole rings is 1. The fraction of sp³-hybridized carbons (Fsp3) is 0.286. The average Bonchev–Trinajstić information content (AvgIpc) is 3.15. The van der Waals surface area contributed by atoms with Crippen LogP contribution in [0, 0.1) is 5.92 Å². The second-order valence-corrected chi connectivity index (χ2v) is 10.6. The molecule has 0 unspecified atom stereocenters. The Kier molecular flexibility index (Phi) is 8.18. The molecule has 0 N–H and O–H groups in total. The molecule has 4 rings (SSSR count). The third kappa shape index (κ3) is 5.74. The summed E-state index contributed by atoms with van der Waals surface area (Å²) in [6, 6.07) is 11.2. The maximum Gasteiger partial charge on any atom is 0.338 e. The molecule has 0 fully saturated rings. The molecular formula is C28H27ClN2O6S. The van der Waals surface area contributed by atoms with Gasteiger partial charge in [-0.3, -0.25) is 14.2 Å². The van der Waals surface area contributed by atoms with Crippen molar-refractivity contribution in [2.75, 3.05) is 13.7 Å². The standard InChI is InChI=1S/C28H27ClN2O6S/c1-15(2)14-36-27(34)24-16(3)30-28-31(26(33)23(38-28)12-18-7-6-8-20(29)11-18)25(24)19-9-10-21(37-17(4)32)22(13-19)35-5/h6-13,15,25H,14H2,1-5H3/b23-12+/t25-/m1/s1. The van der Waals surface area contributed by atoms with Crippen LogP contribution in [0.2, 0.25) is 5.02 Å². The monoisotopic (exact) mass is 554 g/mol. The van der Waals surface area contributed by atoms with E-state index in [1.165, 1.54) is 29.9 Å². The minimum absolute atomic E-state index is 0.125. The maximum absolute atomic E-state index is 13.8. The molecule has 0 saturated carbocycles. The number of carbonyl (C=O) groups is 2. The van der Waals surface area contributed by atoms with Crippen LogP contribution < -0.4 is 24.4 Å². The summed E-state index contributed by atoms with van der Waals surface area (Å²) in [5, 5.41) is 0.551. The second-order valence-electron chi connectivity index (χ2n) is 9.13. The summed E-state index contributed by atoms with van der Waals surface area (Å²) in [5.74, 6) is -0.429. The van der Waals surface area contributed by atoms with Crippen molar-refractivity contribution < 1.29 is 23.8 Å². The Morgan fingerprint density at radius 2 is 1.95 bits per heavy atom. The molecule has 198 valence electrons. The lowest BCUT2D eigenvalue weighted by molar-refractivity contribution is -0.140. The number of allylic oxidation sites excluding steroid dienone is 1. The zero-order valence-corrected chi connectivity index (χ0v) is 23.2. The van der Waals surface area contributed by atoms with Gasteiger partial charge in [0.1, 0.15) is 0 Å². The number of fused-ring (bicyclic) bond motifs is 1. The van der Waals surface area contributed by atoms with Gasteiger partial charge in [-0.1, -0.05) is 55.0 Å². The highest BCUT2D eigenvalue weighted by Crippen LogP contribution is 2.36. The van der Waals surface area contributed by atoms with Gasteiger partial charge in [0, 0.05) is 11.9 Å². The molecule has 10 heteroatoms. The second kappa shape index (κ2) is 11.4. The van der Waals surface area contributed by atoms with Crippen LogP contribution in [-0.2, 0) is 14.3 Å². The summed E-state index contributed by atoms with van der Waals surface area (Å²) in [6.07, 6.45) is 1.74. The lowest BCUT2D eigenvalue weighted by Crippen LogP contribution is -2.40. The van der Waals surface area contributed by atoms with E-state index in [-0.39, 0.29) is 35.2 Å². The van der Waals surface area contributed by atoms with Crippen LogP contribution in [-0.4, -0.2) is 30.2 Å². The molecule has 2 heterocycles. The van der Waals surface area contributed by atoms with Gasteiger partial charge in [0.25, 0.3) is 5.56 Å². The molecule has 0 saturated heterocycles. The smallest absolute Gasteiger partial charge is 0.338 e. The molecule has 1 aliphatic heterocycles. The van der Waals surface area contributed by atoms with Crippen molar-refractivity contribution in [3.05, 3.63) is 89.6 Å². The van der Waals surface area contributed by atoms with Crippen LogP contribution in [0.4, 0.5) is 0 Å². The maximum atomic E-state index is 13.8. The van der Waals surface area contributed by atoms with Gasteiger partial charge in [0.15, 0.2) is 16.3 Å². The number of nitrogens with zero attached hydrogens (tertiary/aromatic N) is 2. The molecule has 0 aliphatic carbocycles. The number of ether oxygens (including phenoxy) is 3. The third-order valence-corrected chi connectivity index (χ3v) is 6.91. The van der Waals surface area contributed by atoms with Crippen LogP contribution in [0.15, 0.2) is 63.5 Å². The number of esters is 2. The Morgan fingerprint density at radius 1 is 1.18 bits per heavy atom. The minimum atomic E-state index is -0.840. The van der Waals surface area contributed by atoms with E-state index in [0.29, 0.717) is 25.6 Å². The van der Waals surface area contributed by atoms with Gasteiger partial charge in [-0.15, -0.1) is 0 Å². The van der Waals surface area contributed by atoms with Gasteiger partial charge in [0.2, 0.25) is 0 Å². The first-order valence-corrected chi connectivity index (χ1v) is 13.1. The Hall–Kier alpha value is -3.69. The SMILES string of the molecule is COc1cc([C@@H]2C(C(=O)OCC(C)C)=C(C)N=c3s/c(=C/c4cccc(Cl)c4)c(=O)n32)ccc1OC(C)=O. The zero-order chi connectivity index (χ0) is 27.6. The van der Waals surface area contributed by atoms with E-state index >= 15 is 0 Å². The fourth-order valence-electron chi connectivity index (χ4n) is 4.06. The Bertz CT molecular complexity index is 1620. The quantitative estimate of drug-likeness (QED) is 0.323. The third-order valence-electron chi connectivity index (χ3n) is 5.69. The summed E-state index contributed by atoms with van der Waals surface area (Å²) >= 11 is 7.35. The summed E-state index contributed by atoms with van der Waals surface area (Å²) in [6.45, 7) is 7.11. The lowest BCUT2D eigenvalue weighted by atomic mass is 9.95. The molecule has 38 heavy (non-hydrogen) atoms. The zero-order valence-electron chi connectivity index (χ0n) is 21.6. The normalized spacial score (nSPS) is 15.2. The molecule has 0 radical (unpaired) electrons. The Morgan fingerprint density at radius 3 is 2.61 bits per heavy atom. The Labute approximate surface area is 228 Å². The highest BCUT2D eigenvalue weighted by molar-refractivity contribution is 7.07. The van der Waals surface area contributed by atoms with Crippen LogP contribution in [0.25, 0.3) is 6.08 Å². The first kappa shape index (κ1) is 27.3. The van der Waals surface area contributed by atoms with Crippen molar-refractivity contribution in [1.29, 1.82) is 0 Å². The van der Waals surface area contributed by atoms with Crippen molar-refractivity contribution in [2.45, 2.75) is 33.7 Å². The Balaban J connectivity index is 1.93. The molecular weight excluding hydrogens is 528 g/mol. The number of halogens is 1. The van der Waals surface area contributed by atoms with E-state index in [1.807, 2.05) is 19.9 Å². The van der Waals surface area contributed by atoms with Crippen molar-refractivity contribution in [3.63, 3.8) is 0 Å². The number of hydrogen-bond donors (Lipinski definition) is 0. The highest BCUT2D eigenvalue weighted by atomic mass is 35.5. The summed E-state index contributed by atoms with van der Waals surface area (Å²) < 4.78 is 18.2. The topological polar surface area (TPSA) is 96.2 Å². The molecule has 2 aromatic carbocycles. The molecule has 0 amide bonds. The van der Waals surface area contributed by atoms with E-state index in [2.05, 4.69) is 4.99 Å². The first-order chi connectivity index (χ1) is 18.1. The van der Waals surface area contributed by atoms with Gasteiger partial charge >= 0.3 is 11.9 Å². The van der Waals surface area contributed by atoms with Crippen molar-refractivity contribution in [3.8, 4) is 11.5 Å². The highest BCUT2D eigenvalue weighted by Gasteiger charge is 2.34. The van der Waals surface area contributed by atoms with E-state index < -0.39 is 18.0 Å². The number of hydrogen-bond acceptors (Lipinski definition) is 8. The molecule has 0 bridgehead atoms. The van der Waals surface area contributed by atoms with Crippen molar-refractivity contribution >= 4 is 41.0 Å². The van der Waals surface area contributed by atoms with E-state index in [1.54, 1.807) is 49.4 Å². The predicted octanol–water partition coefficient (Wildman–Crippen LogP) is 4.02. The van der Waals surface area contributed by atoms with Crippen LogP contribution >= 0.6 is 22.9 Å². The number of methoxy groups -OCH3 is 1. The largest absolute Gasteiger partial charge is 0.493 e. The molecule has 0 spiro atoms. The number of benzene rings is 2. The van der Waals surface area contributed by atoms with Crippen molar-refractivity contribution in [1.82, 2.24) is 4.57 Å². The van der Waals surface area contributed by atoms with E-state index in [9.17, 15) is 14.4 Å². The summed E-state index contributed by atoms with van der Waals surface area (Å²) in [5.41, 5.74) is 1.71. The average molecular weight is 555 g/mol. The predicted molar refractivity (Wildman–Crippen MR) is 145 cm³/mol. The van der Waals surface area contributed by atoms with E-state index in [0.717, 1.165) is 5.56 Å². The lowest BCUT2D eigenvalue weighted by Gasteiger charge is -2.25. The molecule has 3 aromatic rings. The minimum Gasteiger partial charge on any atom is -0.493 e. The molecule has 1 aromatic heterocycles. The first-order valence-electron chi connectivity index (χ1n) is 11.9. The summed E-state index contributed by atoms with van der Waals surface area (Å²) in [4.78, 5) is 43.7.